The monoisotopic (exact) mass is 225 g/mol. The molecule has 0 heterocycles. The Morgan fingerprint density at radius 1 is 1.60 bits per heavy atom. The molecule has 0 rings (SSSR count). The van der Waals surface area contributed by atoms with Crippen LogP contribution in [0.5, 0.6) is 0 Å². The standard InChI is InChI=1S/C6H12BrNOS/c7-3-1-5-10(9)6-2-4-8/h1,3H,2,4-6,8H2/b3-1+. The number of halogens is 1. The second kappa shape index (κ2) is 7.44. The number of nitrogens with two attached hydrogens (primary N) is 1. The van der Waals surface area contributed by atoms with E-state index in [0.717, 1.165) is 6.42 Å². The Hall–Kier alpha value is 0.330. The van der Waals surface area contributed by atoms with Crippen molar-refractivity contribution in [1.82, 2.24) is 0 Å². The summed E-state index contributed by atoms with van der Waals surface area (Å²) in [5, 5.41) is 0. The van der Waals surface area contributed by atoms with Crippen LogP contribution in [0.4, 0.5) is 0 Å². The number of hydrogen-bond acceptors (Lipinski definition) is 2. The minimum absolute atomic E-state index is 0.629. The van der Waals surface area contributed by atoms with Gasteiger partial charge in [-0.05, 0) is 18.0 Å². The van der Waals surface area contributed by atoms with Crippen molar-refractivity contribution in [1.29, 1.82) is 0 Å². The topological polar surface area (TPSA) is 43.1 Å². The van der Waals surface area contributed by atoms with Crippen LogP contribution in [-0.2, 0) is 10.8 Å². The summed E-state index contributed by atoms with van der Waals surface area (Å²) in [7, 11) is -0.717. The van der Waals surface area contributed by atoms with Crippen LogP contribution < -0.4 is 5.73 Å². The van der Waals surface area contributed by atoms with E-state index < -0.39 is 10.8 Å². The summed E-state index contributed by atoms with van der Waals surface area (Å²) in [5.74, 6) is 1.35. The summed E-state index contributed by atoms with van der Waals surface area (Å²) in [4.78, 5) is 1.73. The first kappa shape index (κ1) is 10.3. The maximum atomic E-state index is 10.9. The molecule has 1 atom stereocenters. The Morgan fingerprint density at radius 2 is 2.30 bits per heavy atom. The van der Waals surface area contributed by atoms with Crippen LogP contribution in [0, 0.1) is 0 Å². The molecule has 0 aromatic carbocycles. The molecule has 0 amide bonds. The minimum atomic E-state index is -0.717. The van der Waals surface area contributed by atoms with Gasteiger partial charge in [0.1, 0.15) is 0 Å². The molecule has 0 aromatic rings. The van der Waals surface area contributed by atoms with Crippen molar-refractivity contribution < 1.29 is 4.21 Å². The van der Waals surface area contributed by atoms with E-state index in [2.05, 4.69) is 15.9 Å². The Bertz CT molecular complexity index is 127. The fraction of sp³-hybridized carbons (Fsp3) is 0.667. The van der Waals surface area contributed by atoms with E-state index in [4.69, 9.17) is 5.73 Å². The maximum absolute atomic E-state index is 10.9. The molecule has 0 bridgehead atoms. The van der Waals surface area contributed by atoms with Gasteiger partial charge < -0.3 is 5.73 Å². The van der Waals surface area contributed by atoms with E-state index in [1.807, 2.05) is 6.08 Å². The molecule has 2 nitrogen and oxygen atoms in total. The van der Waals surface area contributed by atoms with Crippen LogP contribution in [0.1, 0.15) is 6.42 Å². The summed E-state index contributed by atoms with van der Waals surface area (Å²) in [6, 6.07) is 0. The molecule has 1 unspecified atom stereocenters. The third kappa shape index (κ3) is 6.45. The Labute approximate surface area is 72.5 Å². The summed E-state index contributed by atoms with van der Waals surface area (Å²) < 4.78 is 10.9. The predicted octanol–water partition coefficient (Wildman–Crippen LogP) is 0.993. The molecule has 0 aliphatic heterocycles. The normalized spacial score (nSPS) is 14.2. The van der Waals surface area contributed by atoms with Gasteiger partial charge in [-0.15, -0.1) is 0 Å². The smallest absolute Gasteiger partial charge is 0.0423 e. The largest absolute Gasteiger partial charge is 0.330 e. The molecule has 0 spiro atoms. The van der Waals surface area contributed by atoms with Crippen molar-refractivity contribution in [2.45, 2.75) is 6.42 Å². The molecular weight excluding hydrogens is 214 g/mol. The fourth-order valence-electron chi connectivity index (χ4n) is 0.471. The average Bonchev–Trinajstić information content (AvgIpc) is 1.97. The second-order valence-electron chi connectivity index (χ2n) is 1.81. The van der Waals surface area contributed by atoms with Crippen LogP contribution in [-0.4, -0.2) is 22.3 Å². The van der Waals surface area contributed by atoms with Gasteiger partial charge in [-0.1, -0.05) is 22.0 Å². The van der Waals surface area contributed by atoms with E-state index in [-0.39, 0.29) is 0 Å². The molecule has 0 fully saturated rings. The van der Waals surface area contributed by atoms with Crippen molar-refractivity contribution in [3.05, 3.63) is 11.1 Å². The van der Waals surface area contributed by atoms with E-state index >= 15 is 0 Å². The number of rotatable bonds is 5. The molecule has 0 radical (unpaired) electrons. The van der Waals surface area contributed by atoms with E-state index in [9.17, 15) is 4.21 Å². The lowest BCUT2D eigenvalue weighted by Crippen LogP contribution is -2.07. The Balaban J connectivity index is 3.25. The lowest BCUT2D eigenvalue weighted by atomic mass is 10.5. The van der Waals surface area contributed by atoms with Gasteiger partial charge in [-0.2, -0.15) is 0 Å². The van der Waals surface area contributed by atoms with Gasteiger partial charge in [0.05, 0.1) is 0 Å². The fourth-order valence-corrected chi connectivity index (χ4v) is 1.87. The van der Waals surface area contributed by atoms with Gasteiger partial charge in [0.2, 0.25) is 0 Å². The first-order valence-electron chi connectivity index (χ1n) is 3.11. The van der Waals surface area contributed by atoms with Gasteiger partial charge in [0.15, 0.2) is 0 Å². The highest BCUT2D eigenvalue weighted by atomic mass is 79.9. The first-order valence-corrected chi connectivity index (χ1v) is 5.52. The minimum Gasteiger partial charge on any atom is -0.330 e. The van der Waals surface area contributed by atoms with Crippen LogP contribution in [0.15, 0.2) is 11.1 Å². The zero-order valence-electron chi connectivity index (χ0n) is 5.75. The number of hydrogen-bond donors (Lipinski definition) is 1. The lowest BCUT2D eigenvalue weighted by Gasteiger charge is -1.94. The van der Waals surface area contributed by atoms with Gasteiger partial charge in [0.25, 0.3) is 0 Å². The molecule has 0 saturated carbocycles. The van der Waals surface area contributed by atoms with Gasteiger partial charge in [-0.25, -0.2) is 0 Å². The maximum Gasteiger partial charge on any atom is 0.0423 e. The molecular formula is C6H12BrNOS. The first-order chi connectivity index (χ1) is 4.81. The van der Waals surface area contributed by atoms with Crippen LogP contribution in [0.2, 0.25) is 0 Å². The van der Waals surface area contributed by atoms with Crippen molar-refractivity contribution >= 4 is 26.7 Å². The van der Waals surface area contributed by atoms with Crippen LogP contribution in [0.25, 0.3) is 0 Å². The molecule has 4 heteroatoms. The van der Waals surface area contributed by atoms with E-state index in [1.165, 1.54) is 0 Å². The molecule has 0 aliphatic carbocycles. The molecule has 0 aromatic heterocycles. The molecule has 0 saturated heterocycles. The zero-order valence-corrected chi connectivity index (χ0v) is 8.16. The third-order valence-corrected chi connectivity index (χ3v) is 2.63. The highest BCUT2D eigenvalue weighted by molar-refractivity contribution is 9.11. The van der Waals surface area contributed by atoms with Crippen LogP contribution >= 0.6 is 15.9 Å². The van der Waals surface area contributed by atoms with Crippen molar-refractivity contribution in [3.63, 3.8) is 0 Å². The Morgan fingerprint density at radius 3 is 2.80 bits per heavy atom. The highest BCUT2D eigenvalue weighted by Crippen LogP contribution is 1.89. The molecule has 60 valence electrons. The van der Waals surface area contributed by atoms with Gasteiger partial charge >= 0.3 is 0 Å². The highest BCUT2D eigenvalue weighted by Gasteiger charge is 1.93. The average molecular weight is 226 g/mol. The predicted molar refractivity (Wildman–Crippen MR) is 49.6 cm³/mol. The molecule has 2 N–H and O–H groups in total. The quantitative estimate of drug-likeness (QED) is 0.759. The summed E-state index contributed by atoms with van der Waals surface area (Å²) in [6.07, 6.45) is 2.69. The Kier molecular flexibility index (Phi) is 7.68. The van der Waals surface area contributed by atoms with Gasteiger partial charge in [0, 0.05) is 22.3 Å². The van der Waals surface area contributed by atoms with Crippen molar-refractivity contribution in [3.8, 4) is 0 Å². The summed E-state index contributed by atoms with van der Waals surface area (Å²) in [6.45, 7) is 0.629. The molecule has 10 heavy (non-hydrogen) atoms. The zero-order chi connectivity index (χ0) is 7.82. The summed E-state index contributed by atoms with van der Waals surface area (Å²) in [5.41, 5.74) is 5.24. The lowest BCUT2D eigenvalue weighted by molar-refractivity contribution is 0.682. The van der Waals surface area contributed by atoms with Crippen molar-refractivity contribution in [2.24, 2.45) is 5.73 Å². The van der Waals surface area contributed by atoms with E-state index in [0.29, 0.717) is 18.1 Å². The SMILES string of the molecule is NCCCS(=O)C/C=C/Br. The third-order valence-electron chi connectivity index (χ3n) is 0.947. The second-order valence-corrected chi connectivity index (χ2v) is 3.96. The van der Waals surface area contributed by atoms with Crippen LogP contribution in [0.3, 0.4) is 0 Å². The van der Waals surface area contributed by atoms with E-state index in [1.54, 1.807) is 4.99 Å². The molecule has 0 aliphatic rings. The van der Waals surface area contributed by atoms with Crippen molar-refractivity contribution in [2.75, 3.05) is 18.1 Å². The van der Waals surface area contributed by atoms with Gasteiger partial charge in [-0.3, -0.25) is 4.21 Å². The summed E-state index contributed by atoms with van der Waals surface area (Å²) >= 11 is 3.11.